The van der Waals surface area contributed by atoms with Gasteiger partial charge in [-0.2, -0.15) is 0 Å². The van der Waals surface area contributed by atoms with Gasteiger partial charge in [-0.05, 0) is 25.9 Å². The monoisotopic (exact) mass is 287 g/mol. The van der Waals surface area contributed by atoms with E-state index < -0.39 is 0 Å². The van der Waals surface area contributed by atoms with E-state index >= 15 is 0 Å². The van der Waals surface area contributed by atoms with Crippen LogP contribution in [0.2, 0.25) is 0 Å². The molecule has 4 nitrogen and oxygen atoms in total. The molecule has 1 aromatic carbocycles. The van der Waals surface area contributed by atoms with E-state index in [2.05, 4.69) is 31.0 Å². The van der Waals surface area contributed by atoms with Crippen molar-refractivity contribution in [3.63, 3.8) is 0 Å². The maximum Gasteiger partial charge on any atom is 0.151 e. The van der Waals surface area contributed by atoms with E-state index in [-0.39, 0.29) is 6.04 Å². The van der Waals surface area contributed by atoms with Gasteiger partial charge in [0.25, 0.3) is 0 Å². The summed E-state index contributed by atoms with van der Waals surface area (Å²) in [7, 11) is 2.08. The highest BCUT2D eigenvalue weighted by Crippen LogP contribution is 2.19. The smallest absolute Gasteiger partial charge is 0.151 e. The van der Waals surface area contributed by atoms with Crippen molar-refractivity contribution in [2.75, 3.05) is 13.6 Å². The second kappa shape index (κ2) is 7.38. The van der Waals surface area contributed by atoms with Crippen LogP contribution < -0.4 is 5.73 Å². The number of nitrogens with two attached hydrogens (primary N) is 1. The maximum atomic E-state index is 6.08. The molecule has 114 valence electrons. The van der Waals surface area contributed by atoms with Gasteiger partial charge in [0.1, 0.15) is 5.69 Å². The summed E-state index contributed by atoms with van der Waals surface area (Å²) in [5, 5.41) is 4.14. The van der Waals surface area contributed by atoms with E-state index in [0.717, 1.165) is 36.5 Å². The van der Waals surface area contributed by atoms with E-state index in [0.29, 0.717) is 5.92 Å². The SMILES string of the molecule is CC(C)C(N)CCN(C)Cc1cc(-c2ccccc2)no1. The molecule has 2 aromatic rings. The highest BCUT2D eigenvalue weighted by atomic mass is 16.5. The number of hydrogen-bond acceptors (Lipinski definition) is 4. The van der Waals surface area contributed by atoms with Crippen molar-refractivity contribution in [2.45, 2.75) is 32.9 Å². The van der Waals surface area contributed by atoms with Gasteiger partial charge in [-0.1, -0.05) is 49.3 Å². The van der Waals surface area contributed by atoms with E-state index in [1.807, 2.05) is 36.4 Å². The molecule has 21 heavy (non-hydrogen) atoms. The summed E-state index contributed by atoms with van der Waals surface area (Å²) in [4.78, 5) is 2.22. The number of hydrogen-bond donors (Lipinski definition) is 1. The molecule has 1 aromatic heterocycles. The maximum absolute atomic E-state index is 6.08. The molecule has 0 saturated carbocycles. The Bertz CT molecular complexity index is 536. The summed E-state index contributed by atoms with van der Waals surface area (Å²) in [6.45, 7) is 6.03. The Balaban J connectivity index is 1.88. The molecule has 4 heteroatoms. The largest absolute Gasteiger partial charge is 0.359 e. The molecule has 1 atom stereocenters. The zero-order chi connectivity index (χ0) is 15.2. The van der Waals surface area contributed by atoms with Crippen LogP contribution in [0.1, 0.15) is 26.0 Å². The molecule has 0 amide bonds. The van der Waals surface area contributed by atoms with Crippen molar-refractivity contribution in [1.29, 1.82) is 0 Å². The molecule has 2 N–H and O–H groups in total. The molecule has 0 saturated heterocycles. The number of nitrogens with zero attached hydrogens (tertiary/aromatic N) is 2. The quantitative estimate of drug-likeness (QED) is 0.850. The molecular weight excluding hydrogens is 262 g/mol. The Kier molecular flexibility index (Phi) is 5.53. The van der Waals surface area contributed by atoms with Crippen LogP contribution >= 0.6 is 0 Å². The van der Waals surface area contributed by atoms with Gasteiger partial charge in [0.05, 0.1) is 6.54 Å². The minimum atomic E-state index is 0.252. The van der Waals surface area contributed by atoms with Crippen LogP contribution in [0.15, 0.2) is 40.9 Å². The number of benzene rings is 1. The fraction of sp³-hybridized carbons (Fsp3) is 0.471. The first-order valence-corrected chi connectivity index (χ1v) is 7.51. The summed E-state index contributed by atoms with van der Waals surface area (Å²) in [5.74, 6) is 1.41. The van der Waals surface area contributed by atoms with Gasteiger partial charge < -0.3 is 10.3 Å². The van der Waals surface area contributed by atoms with E-state index in [1.165, 1.54) is 0 Å². The summed E-state index contributed by atoms with van der Waals surface area (Å²) < 4.78 is 5.42. The average molecular weight is 287 g/mol. The molecule has 0 spiro atoms. The van der Waals surface area contributed by atoms with Crippen molar-refractivity contribution in [3.05, 3.63) is 42.2 Å². The molecular formula is C17H25N3O. The lowest BCUT2D eigenvalue weighted by molar-refractivity contribution is 0.257. The highest BCUT2D eigenvalue weighted by molar-refractivity contribution is 5.58. The second-order valence-corrected chi connectivity index (χ2v) is 5.98. The molecule has 1 heterocycles. The van der Waals surface area contributed by atoms with Crippen molar-refractivity contribution < 1.29 is 4.52 Å². The molecule has 0 aliphatic heterocycles. The van der Waals surface area contributed by atoms with Crippen molar-refractivity contribution in [2.24, 2.45) is 11.7 Å². The first kappa shape index (κ1) is 15.7. The second-order valence-electron chi connectivity index (χ2n) is 5.98. The summed E-state index contributed by atoms with van der Waals surface area (Å²) in [6, 6.07) is 12.3. The first-order chi connectivity index (χ1) is 10.1. The molecule has 0 fully saturated rings. The molecule has 1 unspecified atom stereocenters. The predicted molar refractivity (Wildman–Crippen MR) is 85.7 cm³/mol. The lowest BCUT2D eigenvalue weighted by Gasteiger charge is -2.20. The van der Waals surface area contributed by atoms with Gasteiger partial charge >= 0.3 is 0 Å². The van der Waals surface area contributed by atoms with Crippen LogP contribution in [0.4, 0.5) is 0 Å². The van der Waals surface area contributed by atoms with Gasteiger partial charge in [-0.25, -0.2) is 0 Å². The number of rotatable bonds is 7. The Hall–Kier alpha value is -1.65. The summed E-state index contributed by atoms with van der Waals surface area (Å²) in [6.07, 6.45) is 0.994. The van der Waals surface area contributed by atoms with Crippen LogP contribution in [0.25, 0.3) is 11.3 Å². The minimum absolute atomic E-state index is 0.252. The molecule has 0 aliphatic rings. The minimum Gasteiger partial charge on any atom is -0.359 e. The lowest BCUT2D eigenvalue weighted by Crippen LogP contribution is -2.31. The number of aromatic nitrogens is 1. The van der Waals surface area contributed by atoms with E-state index in [9.17, 15) is 0 Å². The third kappa shape index (κ3) is 4.69. The van der Waals surface area contributed by atoms with Crippen LogP contribution in [0.5, 0.6) is 0 Å². The van der Waals surface area contributed by atoms with Gasteiger partial charge in [0.2, 0.25) is 0 Å². The van der Waals surface area contributed by atoms with E-state index in [4.69, 9.17) is 10.3 Å². The summed E-state index contributed by atoms with van der Waals surface area (Å²) >= 11 is 0. The molecule has 0 radical (unpaired) electrons. The zero-order valence-corrected chi connectivity index (χ0v) is 13.1. The first-order valence-electron chi connectivity index (χ1n) is 7.51. The van der Waals surface area contributed by atoms with Crippen molar-refractivity contribution in [3.8, 4) is 11.3 Å². The van der Waals surface area contributed by atoms with Gasteiger partial charge in [0.15, 0.2) is 5.76 Å². The molecule has 0 bridgehead atoms. The Morgan fingerprint density at radius 3 is 2.62 bits per heavy atom. The fourth-order valence-corrected chi connectivity index (χ4v) is 2.18. The molecule has 2 rings (SSSR count). The third-order valence-corrected chi connectivity index (χ3v) is 3.75. The van der Waals surface area contributed by atoms with E-state index in [1.54, 1.807) is 0 Å². The third-order valence-electron chi connectivity index (χ3n) is 3.75. The van der Waals surface area contributed by atoms with Crippen LogP contribution in [0, 0.1) is 5.92 Å². The van der Waals surface area contributed by atoms with Crippen LogP contribution in [-0.4, -0.2) is 29.7 Å². The predicted octanol–water partition coefficient (Wildman–Crippen LogP) is 3.15. The topological polar surface area (TPSA) is 55.3 Å². The van der Waals surface area contributed by atoms with Crippen molar-refractivity contribution >= 4 is 0 Å². The van der Waals surface area contributed by atoms with Gasteiger partial charge in [-0.15, -0.1) is 0 Å². The van der Waals surface area contributed by atoms with Crippen LogP contribution in [0.3, 0.4) is 0 Å². The Labute approximate surface area is 126 Å². The zero-order valence-electron chi connectivity index (χ0n) is 13.1. The normalized spacial score (nSPS) is 13.0. The Morgan fingerprint density at radius 1 is 1.24 bits per heavy atom. The Morgan fingerprint density at radius 2 is 1.95 bits per heavy atom. The van der Waals surface area contributed by atoms with Gasteiger partial charge in [0, 0.05) is 17.7 Å². The fourth-order valence-electron chi connectivity index (χ4n) is 2.18. The average Bonchev–Trinajstić information content (AvgIpc) is 2.94. The van der Waals surface area contributed by atoms with Crippen LogP contribution in [-0.2, 0) is 6.54 Å². The lowest BCUT2D eigenvalue weighted by atomic mass is 10.0. The van der Waals surface area contributed by atoms with Crippen molar-refractivity contribution in [1.82, 2.24) is 10.1 Å². The highest BCUT2D eigenvalue weighted by Gasteiger charge is 2.11. The molecule has 0 aliphatic carbocycles. The summed E-state index contributed by atoms with van der Waals surface area (Å²) in [5.41, 5.74) is 8.04. The standard InChI is InChI=1S/C17H25N3O/c1-13(2)16(18)9-10-20(3)12-15-11-17(19-21-15)14-7-5-4-6-8-14/h4-8,11,13,16H,9-10,12,18H2,1-3H3. The van der Waals surface area contributed by atoms with Gasteiger partial charge in [-0.3, -0.25) is 4.90 Å².